The number of thiocarbonyl (C=S) groups is 1. The van der Waals surface area contributed by atoms with Crippen LogP contribution in [-0.4, -0.2) is 32.6 Å². The normalized spacial score (nSPS) is 15.8. The highest BCUT2D eigenvalue weighted by molar-refractivity contribution is 8.26. The van der Waals surface area contributed by atoms with Crippen LogP contribution in [0.5, 0.6) is 0 Å². The molecule has 2 aromatic heterocycles. The van der Waals surface area contributed by atoms with E-state index in [1.54, 1.807) is 48.9 Å². The van der Waals surface area contributed by atoms with Gasteiger partial charge in [-0.1, -0.05) is 30.0 Å². The van der Waals surface area contributed by atoms with E-state index in [9.17, 15) is 9.59 Å². The second-order valence-electron chi connectivity index (χ2n) is 5.22. The minimum absolute atomic E-state index is 0.143. The number of hydrogen-bond acceptors (Lipinski definition) is 6. The van der Waals surface area contributed by atoms with Gasteiger partial charge in [-0.05, 0) is 30.7 Å². The Morgan fingerprint density at radius 1 is 1.36 bits per heavy atom. The summed E-state index contributed by atoms with van der Waals surface area (Å²) < 4.78 is 5.71. The van der Waals surface area contributed by atoms with Crippen LogP contribution in [-0.2, 0) is 9.59 Å². The number of pyridine rings is 1. The van der Waals surface area contributed by atoms with E-state index in [4.69, 9.17) is 16.6 Å². The average molecular weight is 373 g/mol. The van der Waals surface area contributed by atoms with E-state index in [0.29, 0.717) is 33.8 Å². The first-order valence-electron chi connectivity index (χ1n) is 7.63. The monoisotopic (exact) mass is 373 g/mol. The maximum absolute atomic E-state index is 12.4. The fraction of sp³-hybridized carbons (Fsp3) is 0.176. The Labute approximate surface area is 154 Å². The van der Waals surface area contributed by atoms with Gasteiger partial charge >= 0.3 is 0 Å². The molecule has 0 spiro atoms. The summed E-state index contributed by atoms with van der Waals surface area (Å²) >= 11 is 6.50. The molecule has 128 valence electrons. The summed E-state index contributed by atoms with van der Waals surface area (Å²) in [7, 11) is 0. The molecule has 8 heteroatoms. The average Bonchev–Trinajstić information content (AvgIpc) is 3.19. The van der Waals surface area contributed by atoms with Gasteiger partial charge in [-0.15, -0.1) is 0 Å². The van der Waals surface area contributed by atoms with Crippen LogP contribution in [0.25, 0.3) is 6.08 Å². The summed E-state index contributed by atoms with van der Waals surface area (Å²) in [6.45, 7) is 0.399. The van der Waals surface area contributed by atoms with Crippen LogP contribution in [0, 0.1) is 0 Å². The van der Waals surface area contributed by atoms with E-state index < -0.39 is 0 Å². The molecule has 3 rings (SSSR count). The Morgan fingerprint density at radius 3 is 2.96 bits per heavy atom. The molecule has 0 bridgehead atoms. The molecule has 0 radical (unpaired) electrons. The lowest BCUT2D eigenvalue weighted by atomic mass is 10.2. The number of aromatic nitrogens is 1. The predicted molar refractivity (Wildman–Crippen MR) is 101 cm³/mol. The second-order valence-corrected chi connectivity index (χ2v) is 6.89. The van der Waals surface area contributed by atoms with Crippen molar-refractivity contribution in [2.45, 2.75) is 12.8 Å². The van der Waals surface area contributed by atoms with Crippen LogP contribution in [0.15, 0.2) is 52.1 Å². The summed E-state index contributed by atoms with van der Waals surface area (Å²) in [6.07, 6.45) is 5.63. The van der Waals surface area contributed by atoms with Crippen molar-refractivity contribution in [1.29, 1.82) is 0 Å². The number of furan rings is 1. The Kier molecular flexibility index (Phi) is 5.62. The molecule has 1 aliphatic rings. The van der Waals surface area contributed by atoms with Crippen LogP contribution >= 0.6 is 24.0 Å². The summed E-state index contributed by atoms with van der Waals surface area (Å²) in [5, 5.41) is 2.71. The fourth-order valence-electron chi connectivity index (χ4n) is 2.24. The van der Waals surface area contributed by atoms with E-state index in [1.807, 2.05) is 0 Å². The topological polar surface area (TPSA) is 75.4 Å². The van der Waals surface area contributed by atoms with Crippen molar-refractivity contribution in [1.82, 2.24) is 9.88 Å². The minimum atomic E-state index is -0.156. The maximum atomic E-state index is 12.4. The van der Waals surface area contributed by atoms with Gasteiger partial charge in [0.2, 0.25) is 5.91 Å². The zero-order chi connectivity index (χ0) is 17.6. The molecule has 0 aromatic carbocycles. The Morgan fingerprint density at radius 2 is 2.24 bits per heavy atom. The van der Waals surface area contributed by atoms with Gasteiger partial charge in [0.25, 0.3) is 5.91 Å². The number of nitrogens with one attached hydrogen (secondary N) is 1. The second kappa shape index (κ2) is 8.09. The highest BCUT2D eigenvalue weighted by Crippen LogP contribution is 2.32. The standard InChI is InChI=1S/C17H15N3O3S2/c21-15(19-14-6-1-2-8-18-14)7-3-9-20-16(22)13(25-17(20)24)11-12-5-4-10-23-12/h1-2,4-6,8,10-11H,3,7,9H2,(H,18,19,21). The smallest absolute Gasteiger partial charge is 0.266 e. The predicted octanol–water partition coefficient (Wildman–Crippen LogP) is 3.29. The van der Waals surface area contributed by atoms with Gasteiger partial charge in [-0.25, -0.2) is 4.98 Å². The van der Waals surface area contributed by atoms with Gasteiger partial charge < -0.3 is 9.73 Å². The van der Waals surface area contributed by atoms with Gasteiger partial charge in [-0.2, -0.15) is 0 Å². The summed E-state index contributed by atoms with van der Waals surface area (Å²) in [5.74, 6) is 0.821. The van der Waals surface area contributed by atoms with E-state index in [1.165, 1.54) is 16.7 Å². The number of carbonyl (C=O) groups excluding carboxylic acids is 2. The molecule has 1 N–H and O–H groups in total. The van der Waals surface area contributed by atoms with Gasteiger partial charge in [0.05, 0.1) is 11.2 Å². The highest BCUT2D eigenvalue weighted by atomic mass is 32.2. The molecule has 2 aromatic rings. The molecule has 3 heterocycles. The SMILES string of the molecule is O=C(CCCN1C(=O)C(=Cc2ccco2)SC1=S)Nc1ccccn1. The molecule has 6 nitrogen and oxygen atoms in total. The van der Waals surface area contributed by atoms with Crippen molar-refractivity contribution < 1.29 is 14.0 Å². The van der Waals surface area contributed by atoms with Crippen LogP contribution in [0.2, 0.25) is 0 Å². The lowest BCUT2D eigenvalue weighted by Crippen LogP contribution is -2.29. The van der Waals surface area contributed by atoms with E-state index in [-0.39, 0.29) is 18.2 Å². The van der Waals surface area contributed by atoms with Crippen LogP contribution in [0.3, 0.4) is 0 Å². The molecule has 0 unspecified atom stereocenters. The molecule has 0 aliphatic carbocycles. The highest BCUT2D eigenvalue weighted by Gasteiger charge is 2.31. The largest absolute Gasteiger partial charge is 0.465 e. The van der Waals surface area contributed by atoms with Crippen LogP contribution in [0.1, 0.15) is 18.6 Å². The van der Waals surface area contributed by atoms with Gasteiger partial charge in [0.15, 0.2) is 0 Å². The zero-order valence-corrected chi connectivity index (χ0v) is 14.8. The van der Waals surface area contributed by atoms with Gasteiger partial charge in [-0.3, -0.25) is 14.5 Å². The Balaban J connectivity index is 1.50. The van der Waals surface area contributed by atoms with Crippen molar-refractivity contribution in [3.8, 4) is 0 Å². The molecular weight excluding hydrogens is 358 g/mol. The molecule has 0 saturated carbocycles. The first-order valence-corrected chi connectivity index (χ1v) is 8.86. The molecule has 1 fully saturated rings. The van der Waals surface area contributed by atoms with Crippen molar-refractivity contribution in [2.24, 2.45) is 0 Å². The third kappa shape index (κ3) is 4.55. The van der Waals surface area contributed by atoms with E-state index in [0.717, 1.165) is 0 Å². The van der Waals surface area contributed by atoms with Crippen molar-refractivity contribution >= 4 is 52.0 Å². The Hall–Kier alpha value is -2.45. The Bertz CT molecular complexity index is 804. The maximum Gasteiger partial charge on any atom is 0.266 e. The van der Waals surface area contributed by atoms with Crippen molar-refractivity contribution in [2.75, 3.05) is 11.9 Å². The van der Waals surface area contributed by atoms with Crippen LogP contribution < -0.4 is 5.32 Å². The lowest BCUT2D eigenvalue weighted by molar-refractivity contribution is -0.122. The third-order valence-electron chi connectivity index (χ3n) is 3.41. The number of carbonyl (C=O) groups is 2. The fourth-order valence-corrected chi connectivity index (χ4v) is 3.52. The number of thioether (sulfide) groups is 1. The molecule has 2 amide bonds. The number of anilines is 1. The first kappa shape index (κ1) is 17.4. The zero-order valence-electron chi connectivity index (χ0n) is 13.2. The third-order valence-corrected chi connectivity index (χ3v) is 4.79. The lowest BCUT2D eigenvalue weighted by Gasteiger charge is -2.13. The van der Waals surface area contributed by atoms with Gasteiger partial charge in [0.1, 0.15) is 15.9 Å². The summed E-state index contributed by atoms with van der Waals surface area (Å²) in [6, 6.07) is 8.83. The molecule has 1 aliphatic heterocycles. The quantitative estimate of drug-likeness (QED) is 0.619. The van der Waals surface area contributed by atoms with Crippen molar-refractivity contribution in [3.63, 3.8) is 0 Å². The number of rotatable bonds is 6. The van der Waals surface area contributed by atoms with E-state index >= 15 is 0 Å². The summed E-state index contributed by atoms with van der Waals surface area (Å²) in [4.78, 5) is 30.4. The van der Waals surface area contributed by atoms with Crippen molar-refractivity contribution in [3.05, 3.63) is 53.5 Å². The number of nitrogens with zero attached hydrogens (tertiary/aromatic N) is 2. The number of amides is 2. The van der Waals surface area contributed by atoms with Crippen LogP contribution in [0.4, 0.5) is 5.82 Å². The number of hydrogen-bond donors (Lipinski definition) is 1. The molecule has 25 heavy (non-hydrogen) atoms. The summed E-state index contributed by atoms with van der Waals surface area (Å²) in [5.41, 5.74) is 0. The van der Waals surface area contributed by atoms with Gasteiger partial charge in [0, 0.05) is 25.2 Å². The molecule has 1 saturated heterocycles. The molecule has 0 atom stereocenters. The molecular formula is C17H15N3O3S2. The minimum Gasteiger partial charge on any atom is -0.465 e. The first-order chi connectivity index (χ1) is 12.1. The van der Waals surface area contributed by atoms with E-state index in [2.05, 4.69) is 10.3 Å².